The summed E-state index contributed by atoms with van der Waals surface area (Å²) in [5, 5.41) is 7.06. The van der Waals surface area contributed by atoms with Gasteiger partial charge < -0.3 is 10.3 Å². The van der Waals surface area contributed by atoms with Gasteiger partial charge >= 0.3 is 0 Å². The third kappa shape index (κ3) is 3.77. The van der Waals surface area contributed by atoms with E-state index in [9.17, 15) is 9.59 Å². The number of aromatic nitrogens is 4. The predicted octanol–water partition coefficient (Wildman–Crippen LogP) is 0.576. The summed E-state index contributed by atoms with van der Waals surface area (Å²) in [6.45, 7) is 6.58. The number of carbonyl (C=O) groups excluding carboxylic acids is 1. The van der Waals surface area contributed by atoms with Crippen molar-refractivity contribution in [2.45, 2.75) is 33.7 Å². The summed E-state index contributed by atoms with van der Waals surface area (Å²) in [7, 11) is 0. The van der Waals surface area contributed by atoms with Crippen molar-refractivity contribution in [2.24, 2.45) is 0 Å². The number of H-pyrrole nitrogens is 1. The van der Waals surface area contributed by atoms with Gasteiger partial charge in [-0.15, -0.1) is 0 Å². The summed E-state index contributed by atoms with van der Waals surface area (Å²) in [6, 6.07) is 3.20. The van der Waals surface area contributed by atoms with E-state index in [1.54, 1.807) is 17.7 Å². The molecule has 0 atom stereocenters. The molecular formula is C14H19N5O2. The first kappa shape index (κ1) is 15.0. The van der Waals surface area contributed by atoms with E-state index in [0.717, 1.165) is 5.69 Å². The van der Waals surface area contributed by atoms with Gasteiger partial charge in [-0.25, -0.2) is 4.98 Å². The number of rotatable bonds is 5. The fourth-order valence-corrected chi connectivity index (χ4v) is 2.13. The van der Waals surface area contributed by atoms with Crippen LogP contribution < -0.4 is 10.9 Å². The van der Waals surface area contributed by atoms with E-state index in [4.69, 9.17) is 0 Å². The molecule has 2 rings (SSSR count). The summed E-state index contributed by atoms with van der Waals surface area (Å²) in [4.78, 5) is 30.2. The Balaban J connectivity index is 1.96. The Kier molecular flexibility index (Phi) is 4.52. The van der Waals surface area contributed by atoms with Crippen LogP contribution in [-0.2, 0) is 13.0 Å². The van der Waals surface area contributed by atoms with Gasteiger partial charge in [-0.05, 0) is 26.8 Å². The molecule has 2 aromatic rings. The highest BCUT2D eigenvalue weighted by Crippen LogP contribution is 2.03. The van der Waals surface area contributed by atoms with E-state index in [0.29, 0.717) is 36.7 Å². The second kappa shape index (κ2) is 6.34. The number of nitrogens with one attached hydrogen (secondary N) is 2. The molecule has 0 unspecified atom stereocenters. The average molecular weight is 289 g/mol. The highest BCUT2D eigenvalue weighted by Gasteiger charge is 2.12. The quantitative estimate of drug-likeness (QED) is 0.842. The monoisotopic (exact) mass is 289 g/mol. The molecule has 0 saturated carbocycles. The van der Waals surface area contributed by atoms with Crippen LogP contribution in [0.5, 0.6) is 0 Å². The molecule has 1 amide bonds. The number of aromatic amines is 1. The minimum absolute atomic E-state index is 0.168. The molecule has 7 nitrogen and oxygen atoms in total. The fourth-order valence-electron chi connectivity index (χ4n) is 2.13. The molecule has 2 N–H and O–H groups in total. The highest BCUT2D eigenvalue weighted by atomic mass is 16.2. The Morgan fingerprint density at radius 1 is 1.38 bits per heavy atom. The van der Waals surface area contributed by atoms with Gasteiger partial charge in [-0.2, -0.15) is 5.10 Å². The van der Waals surface area contributed by atoms with Gasteiger partial charge in [-0.1, -0.05) is 0 Å². The standard InChI is InChI=1S/C14H19N5O2/c1-4-19-12(7-9(2)18-19)14(21)15-6-5-11-8-13(20)17-10(3)16-11/h7-8H,4-6H2,1-3H3,(H,15,21)(H,16,17,20). The zero-order chi connectivity index (χ0) is 15.4. The van der Waals surface area contributed by atoms with E-state index < -0.39 is 0 Å². The molecule has 0 aliphatic carbocycles. The lowest BCUT2D eigenvalue weighted by atomic mass is 10.3. The maximum Gasteiger partial charge on any atom is 0.269 e. The Morgan fingerprint density at radius 2 is 2.14 bits per heavy atom. The first-order valence-corrected chi connectivity index (χ1v) is 6.89. The number of amides is 1. The first-order chi connectivity index (χ1) is 9.99. The van der Waals surface area contributed by atoms with Crippen molar-refractivity contribution in [3.8, 4) is 0 Å². The minimum Gasteiger partial charge on any atom is -0.350 e. The zero-order valence-corrected chi connectivity index (χ0v) is 12.4. The largest absolute Gasteiger partial charge is 0.350 e. The summed E-state index contributed by atoms with van der Waals surface area (Å²) in [6.07, 6.45) is 0.510. The van der Waals surface area contributed by atoms with Crippen molar-refractivity contribution in [1.82, 2.24) is 25.1 Å². The number of nitrogens with zero attached hydrogens (tertiary/aromatic N) is 3. The van der Waals surface area contributed by atoms with E-state index in [1.165, 1.54) is 6.07 Å². The molecule has 0 radical (unpaired) electrons. The van der Waals surface area contributed by atoms with Crippen molar-refractivity contribution in [1.29, 1.82) is 0 Å². The fraction of sp³-hybridized carbons (Fsp3) is 0.429. The van der Waals surface area contributed by atoms with Crippen LogP contribution in [0.25, 0.3) is 0 Å². The maximum absolute atomic E-state index is 12.1. The van der Waals surface area contributed by atoms with Gasteiger partial charge in [0, 0.05) is 31.3 Å². The summed E-state index contributed by atoms with van der Waals surface area (Å²) >= 11 is 0. The molecule has 7 heteroatoms. The van der Waals surface area contributed by atoms with Gasteiger partial charge in [0.25, 0.3) is 11.5 Å². The number of aryl methyl sites for hydroxylation is 3. The molecule has 0 spiro atoms. The summed E-state index contributed by atoms with van der Waals surface area (Å²) < 4.78 is 1.67. The SMILES string of the molecule is CCn1nc(C)cc1C(=O)NCCc1cc(=O)[nH]c(C)n1. The molecule has 0 fully saturated rings. The third-order valence-corrected chi connectivity index (χ3v) is 3.01. The van der Waals surface area contributed by atoms with Crippen LogP contribution in [0.3, 0.4) is 0 Å². The molecule has 2 heterocycles. The van der Waals surface area contributed by atoms with E-state index in [1.807, 2.05) is 13.8 Å². The van der Waals surface area contributed by atoms with Crippen molar-refractivity contribution in [3.63, 3.8) is 0 Å². The Morgan fingerprint density at radius 3 is 2.81 bits per heavy atom. The third-order valence-electron chi connectivity index (χ3n) is 3.01. The minimum atomic E-state index is -0.177. The number of carbonyl (C=O) groups is 1. The van der Waals surface area contributed by atoms with Gasteiger partial charge in [0.05, 0.1) is 5.69 Å². The Hall–Kier alpha value is -2.44. The summed E-state index contributed by atoms with van der Waals surface area (Å²) in [5.74, 6) is 0.405. The Labute approximate surface area is 122 Å². The van der Waals surface area contributed by atoms with Crippen molar-refractivity contribution in [2.75, 3.05) is 6.54 Å². The number of hydrogen-bond donors (Lipinski definition) is 2. The van der Waals surface area contributed by atoms with Gasteiger partial charge in [0.2, 0.25) is 0 Å². The molecule has 112 valence electrons. The van der Waals surface area contributed by atoms with E-state index in [-0.39, 0.29) is 11.5 Å². The normalized spacial score (nSPS) is 10.6. The molecule has 21 heavy (non-hydrogen) atoms. The Bertz CT molecular complexity index is 702. The van der Waals surface area contributed by atoms with Crippen LogP contribution >= 0.6 is 0 Å². The van der Waals surface area contributed by atoms with Gasteiger partial charge in [0.15, 0.2) is 0 Å². The van der Waals surface area contributed by atoms with Crippen LogP contribution in [0.2, 0.25) is 0 Å². The molecular weight excluding hydrogens is 270 g/mol. The van der Waals surface area contributed by atoms with Crippen LogP contribution in [-0.4, -0.2) is 32.2 Å². The molecule has 0 aromatic carbocycles. The second-order valence-corrected chi connectivity index (χ2v) is 4.81. The highest BCUT2D eigenvalue weighted by molar-refractivity contribution is 5.92. The average Bonchev–Trinajstić information content (AvgIpc) is 2.79. The van der Waals surface area contributed by atoms with E-state index in [2.05, 4.69) is 20.4 Å². The zero-order valence-electron chi connectivity index (χ0n) is 12.4. The van der Waals surface area contributed by atoms with Crippen molar-refractivity contribution >= 4 is 5.91 Å². The lowest BCUT2D eigenvalue weighted by Crippen LogP contribution is -2.28. The van der Waals surface area contributed by atoms with Crippen molar-refractivity contribution < 1.29 is 4.79 Å². The predicted molar refractivity (Wildman–Crippen MR) is 78.3 cm³/mol. The molecule has 0 saturated heterocycles. The molecule has 0 aliphatic rings. The van der Waals surface area contributed by atoms with Gasteiger partial charge in [0.1, 0.15) is 11.5 Å². The molecule has 0 aliphatic heterocycles. The maximum atomic E-state index is 12.1. The van der Waals surface area contributed by atoms with Crippen LogP contribution in [0, 0.1) is 13.8 Å². The topological polar surface area (TPSA) is 92.7 Å². The van der Waals surface area contributed by atoms with Crippen LogP contribution in [0.1, 0.15) is 34.6 Å². The lowest BCUT2D eigenvalue weighted by molar-refractivity contribution is 0.0943. The lowest BCUT2D eigenvalue weighted by Gasteiger charge is -2.06. The van der Waals surface area contributed by atoms with Gasteiger partial charge in [-0.3, -0.25) is 14.3 Å². The second-order valence-electron chi connectivity index (χ2n) is 4.81. The van der Waals surface area contributed by atoms with Crippen molar-refractivity contribution in [3.05, 3.63) is 45.4 Å². The van der Waals surface area contributed by atoms with Crippen LogP contribution in [0.4, 0.5) is 0 Å². The number of hydrogen-bond acceptors (Lipinski definition) is 4. The first-order valence-electron chi connectivity index (χ1n) is 6.89. The van der Waals surface area contributed by atoms with E-state index >= 15 is 0 Å². The summed E-state index contributed by atoms with van der Waals surface area (Å²) in [5.41, 5.74) is 1.85. The molecule has 0 bridgehead atoms. The smallest absolute Gasteiger partial charge is 0.269 e. The molecule has 2 aromatic heterocycles. The van der Waals surface area contributed by atoms with Crippen LogP contribution in [0.15, 0.2) is 16.9 Å².